The van der Waals surface area contributed by atoms with Gasteiger partial charge in [0.05, 0.1) is 23.0 Å². The predicted molar refractivity (Wildman–Crippen MR) is 81.9 cm³/mol. The summed E-state index contributed by atoms with van der Waals surface area (Å²) in [6.45, 7) is 0. The van der Waals surface area contributed by atoms with Crippen LogP contribution in [0.3, 0.4) is 0 Å². The van der Waals surface area contributed by atoms with Gasteiger partial charge >= 0.3 is 0 Å². The molecule has 0 fully saturated rings. The molecule has 0 aliphatic heterocycles. The van der Waals surface area contributed by atoms with Crippen LogP contribution in [-0.4, -0.2) is 20.5 Å². The van der Waals surface area contributed by atoms with E-state index < -0.39 is 20.6 Å². The first-order chi connectivity index (χ1) is 10.3. The topological polar surface area (TPSA) is 98.5 Å². The molecule has 0 saturated carbocycles. The molecule has 22 heavy (non-hydrogen) atoms. The van der Waals surface area contributed by atoms with Gasteiger partial charge in [0.1, 0.15) is 11.4 Å². The van der Waals surface area contributed by atoms with E-state index in [9.17, 15) is 18.5 Å². The molecule has 9 heteroatoms. The van der Waals surface area contributed by atoms with Crippen molar-refractivity contribution in [1.29, 1.82) is 0 Å². The third-order valence-electron chi connectivity index (χ3n) is 2.77. The van der Waals surface area contributed by atoms with Gasteiger partial charge in [0.15, 0.2) is 0 Å². The molecule has 1 N–H and O–H groups in total. The SMILES string of the molecule is COc1ccc(NS(=O)(=O)c2ccc(Cl)cc2)c([N+](=O)[O-])c1. The number of nitrogens with one attached hydrogen (secondary N) is 1. The van der Waals surface area contributed by atoms with Gasteiger partial charge in [-0.1, -0.05) is 11.6 Å². The molecule has 0 saturated heterocycles. The third-order valence-corrected chi connectivity index (χ3v) is 4.40. The lowest BCUT2D eigenvalue weighted by molar-refractivity contribution is -0.384. The highest BCUT2D eigenvalue weighted by molar-refractivity contribution is 7.92. The zero-order valence-electron chi connectivity index (χ0n) is 11.3. The Kier molecular flexibility index (Phi) is 4.53. The highest BCUT2D eigenvalue weighted by Crippen LogP contribution is 2.30. The Hall–Kier alpha value is -2.32. The van der Waals surface area contributed by atoms with Gasteiger partial charge in [0.25, 0.3) is 15.7 Å². The minimum Gasteiger partial charge on any atom is -0.496 e. The Morgan fingerprint density at radius 1 is 1.18 bits per heavy atom. The summed E-state index contributed by atoms with van der Waals surface area (Å²) in [6, 6.07) is 9.27. The molecule has 0 amide bonds. The number of nitro benzene ring substituents is 1. The van der Waals surface area contributed by atoms with Crippen molar-refractivity contribution < 1.29 is 18.1 Å². The normalized spacial score (nSPS) is 11.0. The number of nitro groups is 1. The average molecular weight is 343 g/mol. The first kappa shape index (κ1) is 16.1. The number of benzene rings is 2. The first-order valence-electron chi connectivity index (χ1n) is 5.94. The average Bonchev–Trinajstić information content (AvgIpc) is 2.47. The van der Waals surface area contributed by atoms with Crippen LogP contribution in [-0.2, 0) is 10.0 Å². The number of anilines is 1. The second kappa shape index (κ2) is 6.20. The van der Waals surface area contributed by atoms with Crippen LogP contribution in [0.1, 0.15) is 0 Å². The Balaban J connectivity index is 2.41. The molecule has 0 spiro atoms. The van der Waals surface area contributed by atoms with Gasteiger partial charge < -0.3 is 4.74 Å². The lowest BCUT2D eigenvalue weighted by Gasteiger charge is -2.09. The maximum Gasteiger partial charge on any atom is 0.297 e. The van der Waals surface area contributed by atoms with E-state index in [-0.39, 0.29) is 16.3 Å². The molecule has 0 aliphatic carbocycles. The zero-order valence-corrected chi connectivity index (χ0v) is 12.9. The van der Waals surface area contributed by atoms with Crippen LogP contribution in [0.15, 0.2) is 47.4 Å². The van der Waals surface area contributed by atoms with Crippen LogP contribution in [0.5, 0.6) is 5.75 Å². The molecule has 0 unspecified atom stereocenters. The van der Waals surface area contributed by atoms with E-state index in [2.05, 4.69) is 4.72 Å². The fourth-order valence-corrected chi connectivity index (χ4v) is 2.89. The maximum atomic E-state index is 12.2. The predicted octanol–water partition coefficient (Wildman–Crippen LogP) is 3.06. The Bertz CT molecular complexity index is 806. The van der Waals surface area contributed by atoms with E-state index >= 15 is 0 Å². The summed E-state index contributed by atoms with van der Waals surface area (Å²) in [5.41, 5.74) is -0.558. The van der Waals surface area contributed by atoms with Crippen molar-refractivity contribution in [3.63, 3.8) is 0 Å². The molecule has 0 aliphatic rings. The van der Waals surface area contributed by atoms with E-state index in [1.54, 1.807) is 0 Å². The second-order valence-corrected chi connectivity index (χ2v) is 6.32. The van der Waals surface area contributed by atoms with Crippen LogP contribution in [0.2, 0.25) is 5.02 Å². The molecule has 0 heterocycles. The summed E-state index contributed by atoms with van der Waals surface area (Å²) in [5.74, 6) is 0.251. The van der Waals surface area contributed by atoms with Crippen molar-refractivity contribution in [2.75, 3.05) is 11.8 Å². The van der Waals surface area contributed by atoms with Crippen LogP contribution in [0.25, 0.3) is 0 Å². The molecule has 2 aromatic rings. The lowest BCUT2D eigenvalue weighted by Crippen LogP contribution is -2.14. The Labute approximate surface area is 131 Å². The summed E-state index contributed by atoms with van der Waals surface area (Å²) >= 11 is 5.70. The molecule has 116 valence electrons. The van der Waals surface area contributed by atoms with Gasteiger partial charge in [-0.3, -0.25) is 14.8 Å². The summed E-state index contributed by atoms with van der Waals surface area (Å²) < 4.78 is 31.5. The number of halogens is 1. The van der Waals surface area contributed by atoms with Gasteiger partial charge in [-0.15, -0.1) is 0 Å². The van der Waals surface area contributed by atoms with E-state index in [1.807, 2.05) is 0 Å². The number of hydrogen-bond acceptors (Lipinski definition) is 5. The van der Waals surface area contributed by atoms with E-state index in [4.69, 9.17) is 16.3 Å². The maximum absolute atomic E-state index is 12.2. The summed E-state index contributed by atoms with van der Waals surface area (Å²) in [5, 5.41) is 11.4. The fraction of sp³-hybridized carbons (Fsp3) is 0.0769. The first-order valence-corrected chi connectivity index (χ1v) is 7.80. The smallest absolute Gasteiger partial charge is 0.297 e. The number of hydrogen-bond donors (Lipinski definition) is 1. The Morgan fingerprint density at radius 3 is 2.36 bits per heavy atom. The standard InChI is InChI=1S/C13H11ClN2O5S/c1-21-10-4-7-12(13(8-10)16(17)18)15-22(19,20)11-5-2-9(14)3-6-11/h2-8,15H,1H3. The van der Waals surface area contributed by atoms with Gasteiger partial charge in [0.2, 0.25) is 0 Å². The third kappa shape index (κ3) is 3.46. The van der Waals surface area contributed by atoms with Crippen molar-refractivity contribution in [2.45, 2.75) is 4.90 Å². The molecular weight excluding hydrogens is 332 g/mol. The van der Waals surface area contributed by atoms with Crippen molar-refractivity contribution in [3.05, 3.63) is 57.6 Å². The highest BCUT2D eigenvalue weighted by atomic mass is 35.5. The zero-order chi connectivity index (χ0) is 16.3. The van der Waals surface area contributed by atoms with E-state index in [0.717, 1.165) is 6.07 Å². The number of nitrogens with zero attached hydrogens (tertiary/aromatic N) is 1. The number of sulfonamides is 1. The molecule has 0 radical (unpaired) electrons. The summed E-state index contributed by atoms with van der Waals surface area (Å²) in [7, 11) is -2.60. The quantitative estimate of drug-likeness (QED) is 0.665. The van der Waals surface area contributed by atoms with Crippen molar-refractivity contribution in [1.82, 2.24) is 0 Å². The molecule has 2 aromatic carbocycles. The lowest BCUT2D eigenvalue weighted by atomic mass is 10.2. The number of ether oxygens (including phenoxy) is 1. The van der Waals surface area contributed by atoms with E-state index in [1.165, 1.54) is 43.5 Å². The van der Waals surface area contributed by atoms with E-state index in [0.29, 0.717) is 5.02 Å². The second-order valence-electron chi connectivity index (χ2n) is 4.20. The Morgan fingerprint density at radius 2 is 1.82 bits per heavy atom. The van der Waals surface area contributed by atoms with Gasteiger partial charge in [0, 0.05) is 5.02 Å². The van der Waals surface area contributed by atoms with Crippen molar-refractivity contribution in [2.24, 2.45) is 0 Å². The number of methoxy groups -OCH3 is 1. The molecule has 0 bridgehead atoms. The minimum atomic E-state index is -3.96. The monoisotopic (exact) mass is 342 g/mol. The van der Waals surface area contributed by atoms with Crippen molar-refractivity contribution >= 4 is 33.0 Å². The largest absolute Gasteiger partial charge is 0.496 e. The minimum absolute atomic E-state index is 0.0537. The van der Waals surface area contributed by atoms with Gasteiger partial charge in [-0.05, 0) is 36.4 Å². The number of rotatable bonds is 5. The summed E-state index contributed by atoms with van der Waals surface area (Å²) in [4.78, 5) is 10.3. The van der Waals surface area contributed by atoms with Gasteiger partial charge in [-0.2, -0.15) is 0 Å². The summed E-state index contributed by atoms with van der Waals surface area (Å²) in [6.07, 6.45) is 0. The molecular formula is C13H11ClN2O5S. The molecule has 0 atom stereocenters. The van der Waals surface area contributed by atoms with Crippen LogP contribution >= 0.6 is 11.6 Å². The van der Waals surface area contributed by atoms with Gasteiger partial charge in [-0.25, -0.2) is 8.42 Å². The van der Waals surface area contributed by atoms with Crippen LogP contribution in [0, 0.1) is 10.1 Å². The molecule has 7 nitrogen and oxygen atoms in total. The molecule has 2 rings (SSSR count). The fourth-order valence-electron chi connectivity index (χ4n) is 1.69. The highest BCUT2D eigenvalue weighted by Gasteiger charge is 2.21. The van der Waals surface area contributed by atoms with Crippen LogP contribution in [0.4, 0.5) is 11.4 Å². The van der Waals surface area contributed by atoms with Crippen LogP contribution < -0.4 is 9.46 Å². The molecule has 0 aromatic heterocycles. The van der Waals surface area contributed by atoms with Crippen molar-refractivity contribution in [3.8, 4) is 5.75 Å².